The topological polar surface area (TPSA) is 72.8 Å². The predicted molar refractivity (Wildman–Crippen MR) is 105 cm³/mol. The molecule has 0 amide bonds. The molecule has 1 unspecified atom stereocenters. The average Bonchev–Trinajstić information content (AvgIpc) is 2.69. The molecule has 2 atom stereocenters. The van der Waals surface area contributed by atoms with Gasteiger partial charge in [0, 0.05) is 0 Å². The van der Waals surface area contributed by atoms with Gasteiger partial charge in [-0.25, -0.2) is 4.79 Å². The molecule has 0 saturated heterocycles. The zero-order chi connectivity index (χ0) is 19.5. The number of rotatable bonds is 11. The van der Waals surface area contributed by atoms with Gasteiger partial charge in [-0.1, -0.05) is 80.4 Å². The van der Waals surface area contributed by atoms with E-state index in [0.29, 0.717) is 19.3 Å². The number of benzene rings is 2. The lowest BCUT2D eigenvalue weighted by Crippen LogP contribution is -2.26. The molecule has 2 aromatic carbocycles. The minimum absolute atomic E-state index is 0.0361. The third kappa shape index (κ3) is 8.08. The predicted octanol–water partition coefficient (Wildman–Crippen LogP) is 4.73. The van der Waals surface area contributed by atoms with Crippen LogP contribution in [0.15, 0.2) is 60.7 Å². The fourth-order valence-corrected chi connectivity index (χ4v) is 3.83. The SMILES string of the molecule is CCCC[C@H](OP(=O)(O)CCc1ccccc1)C(=O)OCc1ccccc1. The lowest BCUT2D eigenvalue weighted by molar-refractivity contribution is -0.154. The second-order valence-corrected chi connectivity index (χ2v) is 8.36. The van der Waals surface area contributed by atoms with Crippen LogP contribution in [0.1, 0.15) is 37.3 Å². The molecule has 0 aliphatic heterocycles. The molecule has 2 aromatic rings. The Labute approximate surface area is 160 Å². The summed E-state index contributed by atoms with van der Waals surface area (Å²) < 4.78 is 23.1. The Kier molecular flexibility index (Phi) is 8.73. The van der Waals surface area contributed by atoms with E-state index in [-0.39, 0.29) is 12.8 Å². The molecule has 27 heavy (non-hydrogen) atoms. The Morgan fingerprint density at radius 3 is 2.22 bits per heavy atom. The lowest BCUT2D eigenvalue weighted by Gasteiger charge is -2.20. The monoisotopic (exact) mass is 390 g/mol. The summed E-state index contributed by atoms with van der Waals surface area (Å²) in [6.45, 7) is 2.10. The minimum Gasteiger partial charge on any atom is -0.459 e. The van der Waals surface area contributed by atoms with Gasteiger partial charge in [0.05, 0.1) is 6.16 Å². The third-order valence-corrected chi connectivity index (χ3v) is 5.50. The maximum atomic E-state index is 12.5. The van der Waals surface area contributed by atoms with Crippen LogP contribution in [0.3, 0.4) is 0 Å². The Morgan fingerprint density at radius 1 is 1.04 bits per heavy atom. The van der Waals surface area contributed by atoms with Gasteiger partial charge in [0.2, 0.25) is 0 Å². The fourth-order valence-electron chi connectivity index (χ4n) is 2.59. The second-order valence-electron chi connectivity index (χ2n) is 6.43. The molecule has 0 aliphatic carbocycles. The first-order chi connectivity index (χ1) is 13.0. The first-order valence-electron chi connectivity index (χ1n) is 9.25. The van der Waals surface area contributed by atoms with Gasteiger partial charge in [-0.15, -0.1) is 0 Å². The van der Waals surface area contributed by atoms with E-state index in [9.17, 15) is 14.3 Å². The molecule has 0 saturated carbocycles. The summed E-state index contributed by atoms with van der Waals surface area (Å²) in [5.41, 5.74) is 1.81. The third-order valence-electron chi connectivity index (χ3n) is 4.12. The zero-order valence-electron chi connectivity index (χ0n) is 15.6. The molecule has 1 N–H and O–H groups in total. The summed E-state index contributed by atoms with van der Waals surface area (Å²) in [5, 5.41) is 0. The largest absolute Gasteiger partial charge is 0.459 e. The highest BCUT2D eigenvalue weighted by molar-refractivity contribution is 7.52. The molecule has 0 fully saturated rings. The lowest BCUT2D eigenvalue weighted by atomic mass is 10.1. The quantitative estimate of drug-likeness (QED) is 0.443. The van der Waals surface area contributed by atoms with Crippen molar-refractivity contribution in [1.29, 1.82) is 0 Å². The van der Waals surface area contributed by atoms with E-state index in [4.69, 9.17) is 9.26 Å². The molecule has 2 rings (SSSR count). The highest BCUT2D eigenvalue weighted by Gasteiger charge is 2.30. The number of ether oxygens (including phenoxy) is 1. The van der Waals surface area contributed by atoms with Crippen LogP contribution >= 0.6 is 7.60 Å². The van der Waals surface area contributed by atoms with Gasteiger partial charge < -0.3 is 9.63 Å². The number of esters is 1. The van der Waals surface area contributed by atoms with Gasteiger partial charge in [-0.3, -0.25) is 9.09 Å². The van der Waals surface area contributed by atoms with Gasteiger partial charge in [0.1, 0.15) is 6.61 Å². The van der Waals surface area contributed by atoms with Crippen molar-refractivity contribution in [3.05, 3.63) is 71.8 Å². The van der Waals surface area contributed by atoms with E-state index in [1.54, 1.807) is 0 Å². The van der Waals surface area contributed by atoms with Crippen molar-refractivity contribution in [2.24, 2.45) is 0 Å². The summed E-state index contributed by atoms with van der Waals surface area (Å²) in [7, 11) is -3.90. The van der Waals surface area contributed by atoms with Crippen molar-refractivity contribution in [3.8, 4) is 0 Å². The average molecular weight is 390 g/mol. The van der Waals surface area contributed by atoms with Crippen molar-refractivity contribution >= 4 is 13.6 Å². The van der Waals surface area contributed by atoms with Crippen LogP contribution in [0.5, 0.6) is 0 Å². The van der Waals surface area contributed by atoms with Crippen molar-refractivity contribution < 1.29 is 23.5 Å². The normalized spacial score (nSPS) is 14.3. The summed E-state index contributed by atoms with van der Waals surface area (Å²) >= 11 is 0. The number of unbranched alkanes of at least 4 members (excludes halogenated alkanes) is 1. The van der Waals surface area contributed by atoms with Crippen LogP contribution in [0.2, 0.25) is 0 Å². The summed E-state index contributed by atoms with van der Waals surface area (Å²) in [4.78, 5) is 22.6. The van der Waals surface area contributed by atoms with Crippen LogP contribution in [-0.4, -0.2) is 23.1 Å². The molecule has 146 valence electrons. The van der Waals surface area contributed by atoms with Crippen LogP contribution in [0, 0.1) is 0 Å². The fraction of sp³-hybridized carbons (Fsp3) is 0.381. The van der Waals surface area contributed by atoms with E-state index >= 15 is 0 Å². The maximum absolute atomic E-state index is 12.5. The highest BCUT2D eigenvalue weighted by Crippen LogP contribution is 2.44. The Bertz CT molecular complexity index is 733. The molecule has 6 heteroatoms. The Balaban J connectivity index is 1.92. The molecular weight excluding hydrogens is 363 g/mol. The standard InChI is InChI=1S/C21H27O5P/c1-2-3-14-20(21(22)25-17-19-12-8-5-9-13-19)26-27(23,24)16-15-18-10-6-4-7-11-18/h4-13,20H,2-3,14-17H2,1H3,(H,23,24)/t20-/m0/s1. The van der Waals surface area contributed by atoms with Gasteiger partial charge >= 0.3 is 13.6 Å². The highest BCUT2D eigenvalue weighted by atomic mass is 31.2. The van der Waals surface area contributed by atoms with Crippen LogP contribution in [0.4, 0.5) is 0 Å². The second kappa shape index (κ2) is 11.0. The number of hydrogen-bond acceptors (Lipinski definition) is 4. The van der Waals surface area contributed by atoms with Crippen molar-refractivity contribution in [1.82, 2.24) is 0 Å². The molecule has 0 heterocycles. The van der Waals surface area contributed by atoms with Gasteiger partial charge in [0.15, 0.2) is 6.10 Å². The van der Waals surface area contributed by atoms with E-state index in [1.807, 2.05) is 67.6 Å². The van der Waals surface area contributed by atoms with Crippen molar-refractivity contribution in [2.45, 2.75) is 45.3 Å². The summed E-state index contributed by atoms with van der Waals surface area (Å²) in [5.74, 6) is -0.596. The van der Waals surface area contributed by atoms with E-state index < -0.39 is 19.7 Å². The first kappa shape index (κ1) is 21.4. The Hall–Kier alpha value is -1.94. The van der Waals surface area contributed by atoms with Crippen molar-refractivity contribution in [3.63, 3.8) is 0 Å². The van der Waals surface area contributed by atoms with E-state index in [1.165, 1.54) is 0 Å². The van der Waals surface area contributed by atoms with E-state index in [0.717, 1.165) is 17.5 Å². The van der Waals surface area contributed by atoms with Gasteiger partial charge in [-0.2, -0.15) is 0 Å². The van der Waals surface area contributed by atoms with Crippen LogP contribution < -0.4 is 0 Å². The van der Waals surface area contributed by atoms with E-state index in [2.05, 4.69) is 0 Å². The van der Waals surface area contributed by atoms with Crippen LogP contribution in [0.25, 0.3) is 0 Å². The number of aryl methyl sites for hydroxylation is 1. The molecule has 0 spiro atoms. The first-order valence-corrected chi connectivity index (χ1v) is 11.0. The van der Waals surface area contributed by atoms with Gasteiger partial charge in [0.25, 0.3) is 0 Å². The Morgan fingerprint density at radius 2 is 1.63 bits per heavy atom. The smallest absolute Gasteiger partial charge is 0.336 e. The number of carbonyl (C=O) groups is 1. The molecular formula is C21H27O5P. The van der Waals surface area contributed by atoms with Crippen molar-refractivity contribution in [2.75, 3.05) is 6.16 Å². The zero-order valence-corrected chi connectivity index (χ0v) is 16.5. The minimum atomic E-state index is -3.90. The molecule has 0 bridgehead atoms. The molecule has 0 aliphatic rings. The summed E-state index contributed by atoms with van der Waals surface area (Å²) in [6.07, 6.45) is 1.27. The summed E-state index contributed by atoms with van der Waals surface area (Å²) in [6, 6.07) is 18.7. The molecule has 0 aromatic heterocycles. The number of carbonyl (C=O) groups excluding carboxylic acids is 1. The van der Waals surface area contributed by atoms with Crippen LogP contribution in [-0.2, 0) is 31.6 Å². The van der Waals surface area contributed by atoms with Gasteiger partial charge in [-0.05, 0) is 24.0 Å². The number of hydrogen-bond donors (Lipinski definition) is 1. The molecule has 0 radical (unpaired) electrons. The molecule has 5 nitrogen and oxygen atoms in total. The maximum Gasteiger partial charge on any atom is 0.336 e.